The maximum absolute atomic E-state index is 10.1. The van der Waals surface area contributed by atoms with Crippen LogP contribution in [0.2, 0.25) is 0 Å². The molecule has 0 heterocycles. The lowest BCUT2D eigenvalue weighted by Gasteiger charge is -1.96. The molecule has 1 nitrogen and oxygen atoms in total. The Hall–Kier alpha value is -0.380. The van der Waals surface area contributed by atoms with Gasteiger partial charge >= 0.3 is 0 Å². The topological polar surface area (TPSA) is 17.1 Å². The Labute approximate surface area is 73.6 Å². The smallest absolute Gasteiger partial charge is 0.124 e. The van der Waals surface area contributed by atoms with E-state index in [-0.39, 0.29) is 0 Å². The van der Waals surface area contributed by atoms with Crippen LogP contribution in [0.15, 0.2) is 24.3 Å². The van der Waals surface area contributed by atoms with Gasteiger partial charge in [0.25, 0.3) is 0 Å². The van der Waals surface area contributed by atoms with Crippen molar-refractivity contribution in [2.24, 2.45) is 0 Å². The molecule has 2 heteroatoms. The number of aldehydes is 1. The summed E-state index contributed by atoms with van der Waals surface area (Å²) in [5.74, 6) is 0. The average Bonchev–Trinajstić information content (AvgIpc) is 1.94. The molecule has 0 spiro atoms. The number of rotatable bonds is 2. The first-order valence-electron chi connectivity index (χ1n) is 3.01. The van der Waals surface area contributed by atoms with Crippen LogP contribution < -0.4 is 0 Å². The van der Waals surface area contributed by atoms with E-state index < -0.39 is 0 Å². The third-order valence-electron chi connectivity index (χ3n) is 1.26. The molecule has 0 aliphatic rings. The molecule has 0 aliphatic heterocycles. The number of hydrogen-bond acceptors (Lipinski definition) is 1. The number of halogens is 1. The van der Waals surface area contributed by atoms with Gasteiger partial charge < -0.3 is 4.79 Å². The monoisotopic (exact) mass is 246 g/mol. The van der Waals surface area contributed by atoms with E-state index in [1.54, 1.807) is 0 Å². The summed E-state index contributed by atoms with van der Waals surface area (Å²) in [5.41, 5.74) is 1.11. The normalized spacial score (nSPS) is 9.30. The molecular formula is C8H7IO. The van der Waals surface area contributed by atoms with Gasteiger partial charge in [0.05, 0.1) is 0 Å². The van der Waals surface area contributed by atoms with E-state index in [1.807, 2.05) is 24.3 Å². The molecule has 0 amide bonds. The van der Waals surface area contributed by atoms with Crippen LogP contribution in [0.1, 0.15) is 5.56 Å². The van der Waals surface area contributed by atoms with Crippen molar-refractivity contribution in [2.45, 2.75) is 6.42 Å². The highest BCUT2D eigenvalue weighted by Crippen LogP contribution is 2.10. The van der Waals surface area contributed by atoms with E-state index in [0.717, 1.165) is 15.4 Å². The van der Waals surface area contributed by atoms with Crippen LogP contribution in [-0.2, 0) is 11.2 Å². The number of hydrogen-bond donors (Lipinski definition) is 0. The second-order valence-corrected chi connectivity index (χ2v) is 3.12. The zero-order chi connectivity index (χ0) is 7.40. The fourth-order valence-electron chi connectivity index (χ4n) is 0.754. The van der Waals surface area contributed by atoms with E-state index in [4.69, 9.17) is 0 Å². The van der Waals surface area contributed by atoms with Crippen LogP contribution in [-0.4, -0.2) is 6.29 Å². The van der Waals surface area contributed by atoms with Crippen molar-refractivity contribution in [3.8, 4) is 0 Å². The first-order chi connectivity index (χ1) is 4.84. The number of benzene rings is 1. The third kappa shape index (κ3) is 1.80. The minimum Gasteiger partial charge on any atom is -0.303 e. The Kier molecular flexibility index (Phi) is 2.86. The van der Waals surface area contributed by atoms with Crippen LogP contribution in [0.4, 0.5) is 0 Å². The van der Waals surface area contributed by atoms with Gasteiger partial charge in [0.2, 0.25) is 0 Å². The van der Waals surface area contributed by atoms with Crippen LogP contribution in [0.25, 0.3) is 0 Å². The highest BCUT2D eigenvalue weighted by molar-refractivity contribution is 14.1. The van der Waals surface area contributed by atoms with Gasteiger partial charge in [-0.3, -0.25) is 0 Å². The minimum absolute atomic E-state index is 0.527. The minimum atomic E-state index is 0.527. The Morgan fingerprint density at radius 2 is 2.10 bits per heavy atom. The summed E-state index contributed by atoms with van der Waals surface area (Å²) in [7, 11) is 0. The van der Waals surface area contributed by atoms with E-state index >= 15 is 0 Å². The van der Waals surface area contributed by atoms with Gasteiger partial charge in [0.1, 0.15) is 6.29 Å². The maximum atomic E-state index is 10.1. The summed E-state index contributed by atoms with van der Waals surface area (Å²) >= 11 is 2.22. The fourth-order valence-corrected chi connectivity index (χ4v) is 1.36. The predicted molar refractivity (Wildman–Crippen MR) is 48.9 cm³/mol. The van der Waals surface area contributed by atoms with E-state index in [1.165, 1.54) is 0 Å². The van der Waals surface area contributed by atoms with Crippen LogP contribution in [0, 0.1) is 3.57 Å². The largest absolute Gasteiger partial charge is 0.303 e. The Morgan fingerprint density at radius 3 is 2.70 bits per heavy atom. The molecule has 0 aromatic heterocycles. The molecule has 0 unspecified atom stereocenters. The van der Waals surface area contributed by atoms with Gasteiger partial charge in [-0.25, -0.2) is 0 Å². The van der Waals surface area contributed by atoms with Crippen molar-refractivity contribution in [3.63, 3.8) is 0 Å². The van der Waals surface area contributed by atoms with Crippen molar-refractivity contribution >= 4 is 28.9 Å². The maximum Gasteiger partial charge on any atom is 0.124 e. The second-order valence-electron chi connectivity index (χ2n) is 1.96. The summed E-state index contributed by atoms with van der Waals surface area (Å²) < 4.78 is 1.16. The van der Waals surface area contributed by atoms with Gasteiger partial charge in [0.15, 0.2) is 0 Å². The number of carbonyl (C=O) groups excluding carboxylic acids is 1. The summed E-state index contributed by atoms with van der Waals surface area (Å²) in [6, 6.07) is 7.88. The Morgan fingerprint density at radius 1 is 1.40 bits per heavy atom. The molecule has 1 rings (SSSR count). The van der Waals surface area contributed by atoms with Crippen molar-refractivity contribution in [3.05, 3.63) is 33.4 Å². The van der Waals surface area contributed by atoms with Crippen LogP contribution in [0.3, 0.4) is 0 Å². The first-order valence-corrected chi connectivity index (χ1v) is 4.09. The molecule has 0 radical (unpaired) electrons. The van der Waals surface area contributed by atoms with Crippen molar-refractivity contribution in [2.75, 3.05) is 0 Å². The van der Waals surface area contributed by atoms with Crippen molar-refractivity contribution in [1.29, 1.82) is 0 Å². The van der Waals surface area contributed by atoms with Gasteiger partial charge in [-0.2, -0.15) is 0 Å². The summed E-state index contributed by atoms with van der Waals surface area (Å²) in [4.78, 5) is 10.1. The number of carbonyl (C=O) groups is 1. The molecule has 0 saturated heterocycles. The molecular weight excluding hydrogens is 239 g/mol. The van der Waals surface area contributed by atoms with Gasteiger partial charge in [-0.15, -0.1) is 0 Å². The highest BCUT2D eigenvalue weighted by Gasteiger charge is 1.94. The molecule has 0 aliphatic carbocycles. The van der Waals surface area contributed by atoms with E-state index in [9.17, 15) is 4.79 Å². The SMILES string of the molecule is O=CCc1ccccc1I. The molecule has 0 bridgehead atoms. The van der Waals surface area contributed by atoms with Gasteiger partial charge in [-0.05, 0) is 34.2 Å². The molecule has 0 N–H and O–H groups in total. The quantitative estimate of drug-likeness (QED) is 0.576. The zero-order valence-electron chi connectivity index (χ0n) is 5.38. The molecule has 1 aromatic carbocycles. The van der Waals surface area contributed by atoms with Crippen molar-refractivity contribution < 1.29 is 4.79 Å². The van der Waals surface area contributed by atoms with E-state index in [0.29, 0.717) is 6.42 Å². The fraction of sp³-hybridized carbons (Fsp3) is 0.125. The molecule has 0 fully saturated rings. The Balaban J connectivity index is 2.91. The molecule has 10 heavy (non-hydrogen) atoms. The zero-order valence-corrected chi connectivity index (χ0v) is 7.54. The lowest BCUT2D eigenvalue weighted by Crippen LogP contribution is -1.88. The summed E-state index contributed by atoms with van der Waals surface area (Å²) in [6.45, 7) is 0. The lowest BCUT2D eigenvalue weighted by atomic mass is 10.2. The molecule has 0 atom stereocenters. The molecule has 1 aromatic rings. The van der Waals surface area contributed by atoms with Crippen molar-refractivity contribution in [1.82, 2.24) is 0 Å². The standard InChI is InChI=1S/C8H7IO/c9-8-4-2-1-3-7(8)5-6-10/h1-4,6H,5H2. The second kappa shape index (κ2) is 3.71. The van der Waals surface area contributed by atoms with Crippen LogP contribution >= 0.6 is 22.6 Å². The molecule has 52 valence electrons. The highest BCUT2D eigenvalue weighted by atomic mass is 127. The summed E-state index contributed by atoms with van der Waals surface area (Å²) in [6.07, 6.45) is 1.45. The van der Waals surface area contributed by atoms with Gasteiger partial charge in [-0.1, -0.05) is 18.2 Å². The third-order valence-corrected chi connectivity index (χ3v) is 2.31. The predicted octanol–water partition coefficient (Wildman–Crippen LogP) is 2.03. The Bertz CT molecular complexity index is 232. The van der Waals surface area contributed by atoms with Gasteiger partial charge in [0, 0.05) is 9.99 Å². The van der Waals surface area contributed by atoms with Crippen LogP contribution in [0.5, 0.6) is 0 Å². The average molecular weight is 246 g/mol. The summed E-state index contributed by atoms with van der Waals surface area (Å²) in [5, 5.41) is 0. The lowest BCUT2D eigenvalue weighted by molar-refractivity contribution is -0.107. The van der Waals surface area contributed by atoms with E-state index in [2.05, 4.69) is 22.6 Å². The first kappa shape index (κ1) is 7.72. The molecule has 0 saturated carbocycles.